The summed E-state index contributed by atoms with van der Waals surface area (Å²) in [6.45, 7) is 2.69. The Kier molecular flexibility index (Phi) is 6.51. The molecule has 3 aliphatic heterocycles. The van der Waals surface area contributed by atoms with Crippen molar-refractivity contribution in [1.29, 1.82) is 0 Å². The van der Waals surface area contributed by atoms with E-state index in [1.807, 2.05) is 4.90 Å². The van der Waals surface area contributed by atoms with Crippen LogP contribution in [0, 0.1) is 5.92 Å². The number of rotatable bonds is 4. The van der Waals surface area contributed by atoms with Gasteiger partial charge in [-0.15, -0.1) is 0 Å². The summed E-state index contributed by atoms with van der Waals surface area (Å²) in [4.78, 5) is 22.8. The van der Waals surface area contributed by atoms with E-state index in [1.54, 1.807) is 6.07 Å². The third kappa shape index (κ3) is 4.91. The molecule has 2 unspecified atom stereocenters. The summed E-state index contributed by atoms with van der Waals surface area (Å²) in [6, 6.07) is 2.71. The molecule has 0 radical (unpaired) electrons. The lowest BCUT2D eigenvalue weighted by molar-refractivity contribution is -0.138. The van der Waals surface area contributed by atoms with Gasteiger partial charge in [-0.05, 0) is 31.4 Å². The van der Waals surface area contributed by atoms with Crippen LogP contribution in [0.25, 0.3) is 11.3 Å². The fourth-order valence-corrected chi connectivity index (χ4v) is 4.85. The zero-order valence-electron chi connectivity index (χ0n) is 19.0. The molecule has 9 nitrogen and oxygen atoms in total. The Morgan fingerprint density at radius 1 is 1.23 bits per heavy atom. The Balaban J connectivity index is 1.37. The van der Waals surface area contributed by atoms with Crippen molar-refractivity contribution in [1.82, 2.24) is 20.2 Å². The van der Waals surface area contributed by atoms with E-state index < -0.39 is 23.8 Å². The van der Waals surface area contributed by atoms with Crippen molar-refractivity contribution in [3.05, 3.63) is 35.7 Å². The van der Waals surface area contributed by atoms with Crippen molar-refractivity contribution in [3.63, 3.8) is 0 Å². The number of alkyl halides is 3. The summed E-state index contributed by atoms with van der Waals surface area (Å²) in [7, 11) is 0. The predicted octanol–water partition coefficient (Wildman–Crippen LogP) is 2.76. The Bertz CT molecular complexity index is 1090. The predicted molar refractivity (Wildman–Crippen MR) is 121 cm³/mol. The number of aromatic nitrogens is 2. The molecule has 0 bridgehead atoms. The van der Waals surface area contributed by atoms with E-state index in [2.05, 4.69) is 20.6 Å². The van der Waals surface area contributed by atoms with Gasteiger partial charge in [0.1, 0.15) is 12.0 Å². The van der Waals surface area contributed by atoms with E-state index in [0.717, 1.165) is 18.9 Å². The minimum absolute atomic E-state index is 0.0168. The second-order valence-corrected chi connectivity index (χ2v) is 8.93. The van der Waals surface area contributed by atoms with Gasteiger partial charge in [-0.25, -0.2) is 4.98 Å². The zero-order chi connectivity index (χ0) is 24.6. The van der Waals surface area contributed by atoms with Crippen molar-refractivity contribution in [2.75, 3.05) is 44.0 Å². The van der Waals surface area contributed by atoms with Gasteiger partial charge in [-0.1, -0.05) is 0 Å². The van der Waals surface area contributed by atoms with Crippen molar-refractivity contribution in [2.45, 2.75) is 37.8 Å². The van der Waals surface area contributed by atoms with Crippen LogP contribution >= 0.6 is 0 Å². The van der Waals surface area contributed by atoms with Crippen LogP contribution in [-0.2, 0) is 20.4 Å². The maximum Gasteiger partial charge on any atom is 0.419 e. The summed E-state index contributed by atoms with van der Waals surface area (Å²) >= 11 is 0. The molecular weight excluding hydrogens is 465 g/mol. The Hall–Kier alpha value is -2.96. The molecule has 5 rings (SSSR count). The molecule has 188 valence electrons. The highest BCUT2D eigenvalue weighted by atomic mass is 19.4. The molecule has 4 N–H and O–H groups in total. The lowest BCUT2D eigenvalue weighted by atomic mass is 9.99. The number of carbonyl (C=O) groups excluding carboxylic acids is 1. The number of nitrogen functional groups attached to an aromatic ring is 1. The van der Waals surface area contributed by atoms with Gasteiger partial charge >= 0.3 is 6.18 Å². The summed E-state index contributed by atoms with van der Waals surface area (Å²) in [5.41, 5.74) is 6.27. The third-order valence-electron chi connectivity index (χ3n) is 6.67. The molecule has 2 atom stereocenters. The minimum Gasteiger partial charge on any atom is -0.383 e. The normalized spacial score (nSPS) is 23.1. The van der Waals surface area contributed by atoms with E-state index in [-0.39, 0.29) is 23.5 Å². The molecule has 0 aliphatic carbocycles. The first-order valence-corrected chi connectivity index (χ1v) is 11.6. The van der Waals surface area contributed by atoms with Crippen molar-refractivity contribution in [2.24, 2.45) is 5.92 Å². The number of nitrogens with two attached hydrogens (primary N) is 1. The highest BCUT2D eigenvalue weighted by Crippen LogP contribution is 2.39. The average Bonchev–Trinajstić information content (AvgIpc) is 3.32. The first-order valence-electron chi connectivity index (χ1n) is 11.6. The van der Waals surface area contributed by atoms with Gasteiger partial charge in [-0.3, -0.25) is 15.1 Å². The number of pyridine rings is 2. The molecule has 0 aromatic carbocycles. The summed E-state index contributed by atoms with van der Waals surface area (Å²) < 4.78 is 52.0. The highest BCUT2D eigenvalue weighted by molar-refractivity contribution is 5.79. The molecule has 0 saturated carbocycles. The van der Waals surface area contributed by atoms with E-state index >= 15 is 0 Å². The minimum atomic E-state index is -4.64. The number of amides is 1. The number of carbonyl (C=O) groups is 1. The van der Waals surface area contributed by atoms with Gasteiger partial charge in [0.15, 0.2) is 0 Å². The van der Waals surface area contributed by atoms with Crippen LogP contribution in [0.15, 0.2) is 24.5 Å². The second kappa shape index (κ2) is 9.59. The Morgan fingerprint density at radius 3 is 2.80 bits per heavy atom. The lowest BCUT2D eigenvalue weighted by Crippen LogP contribution is -2.39. The molecule has 2 aromatic heterocycles. The van der Waals surface area contributed by atoms with Gasteiger partial charge in [0.05, 0.1) is 24.0 Å². The fraction of sp³-hybridized carbons (Fsp3) is 0.522. The molecule has 2 fully saturated rings. The quantitative estimate of drug-likeness (QED) is 0.597. The second-order valence-electron chi connectivity index (χ2n) is 8.93. The number of likely N-dealkylation sites (tertiary alicyclic amines) is 1. The van der Waals surface area contributed by atoms with Crippen LogP contribution in [0.5, 0.6) is 0 Å². The Labute approximate surface area is 200 Å². The van der Waals surface area contributed by atoms with Crippen LogP contribution in [0.1, 0.15) is 36.6 Å². The Morgan fingerprint density at radius 2 is 2.03 bits per heavy atom. The van der Waals surface area contributed by atoms with Crippen LogP contribution < -0.4 is 16.4 Å². The number of anilines is 2. The molecule has 0 spiro atoms. The van der Waals surface area contributed by atoms with Gasteiger partial charge in [0.2, 0.25) is 5.91 Å². The first kappa shape index (κ1) is 23.8. The van der Waals surface area contributed by atoms with Gasteiger partial charge in [-0.2, -0.15) is 13.2 Å². The van der Waals surface area contributed by atoms with Crippen LogP contribution in [0.3, 0.4) is 0 Å². The monoisotopic (exact) mass is 492 g/mol. The van der Waals surface area contributed by atoms with Crippen LogP contribution in [0.2, 0.25) is 0 Å². The summed E-state index contributed by atoms with van der Waals surface area (Å²) in [6.07, 6.45) is -0.537. The molecule has 2 saturated heterocycles. The van der Waals surface area contributed by atoms with Gasteiger partial charge < -0.3 is 25.4 Å². The number of fused-ring (bicyclic) bond motifs is 1. The zero-order valence-corrected chi connectivity index (χ0v) is 19.0. The highest BCUT2D eigenvalue weighted by Gasteiger charge is 2.37. The standard InChI is InChI=1S/C23H27F3N6O3/c24-23(25,26)16-9-14(10-29-20(16)27)19-18-17(1-5-28-19)30-12-31-21(18)35-15-2-6-32(11-15)22(33)13-3-7-34-8-4-13/h1,5,9-10,13,15,21,30-31H,2-4,6-8,11-12H2,(H2,27,29). The largest absolute Gasteiger partial charge is 0.419 e. The number of nitrogens with zero attached hydrogens (tertiary/aromatic N) is 3. The van der Waals surface area contributed by atoms with E-state index in [1.165, 1.54) is 12.4 Å². The number of hydrogen-bond acceptors (Lipinski definition) is 8. The van der Waals surface area contributed by atoms with E-state index in [9.17, 15) is 18.0 Å². The third-order valence-corrected chi connectivity index (χ3v) is 6.67. The number of hydrogen-bond donors (Lipinski definition) is 3. The van der Waals surface area contributed by atoms with Gasteiger partial charge in [0, 0.05) is 61.4 Å². The molecule has 35 heavy (non-hydrogen) atoms. The van der Waals surface area contributed by atoms with Gasteiger partial charge in [0.25, 0.3) is 0 Å². The average molecular weight is 493 g/mol. The molecular formula is C23H27F3N6O3. The molecule has 3 aliphatic rings. The molecule has 5 heterocycles. The number of ether oxygens (including phenoxy) is 2. The molecule has 2 aromatic rings. The fourth-order valence-electron chi connectivity index (χ4n) is 4.85. The summed E-state index contributed by atoms with van der Waals surface area (Å²) in [5, 5.41) is 6.39. The summed E-state index contributed by atoms with van der Waals surface area (Å²) in [5.74, 6) is -0.472. The van der Waals surface area contributed by atoms with Crippen molar-refractivity contribution in [3.8, 4) is 11.3 Å². The number of nitrogens with one attached hydrogen (secondary N) is 2. The molecule has 12 heteroatoms. The lowest BCUT2D eigenvalue weighted by Gasteiger charge is -2.32. The molecule has 1 amide bonds. The van der Waals surface area contributed by atoms with Crippen LogP contribution in [0.4, 0.5) is 24.7 Å². The van der Waals surface area contributed by atoms with Crippen molar-refractivity contribution < 1.29 is 27.4 Å². The van der Waals surface area contributed by atoms with Crippen molar-refractivity contribution >= 4 is 17.4 Å². The first-order chi connectivity index (χ1) is 16.8. The maximum atomic E-state index is 13.4. The SMILES string of the molecule is Nc1ncc(-c2nccc3c2C(OC2CCN(C(=O)C4CCOCC4)C2)NCN3)cc1C(F)(F)F. The topological polar surface area (TPSA) is 115 Å². The van der Waals surface area contributed by atoms with Crippen LogP contribution in [-0.4, -0.2) is 59.9 Å². The maximum absolute atomic E-state index is 13.4. The van der Waals surface area contributed by atoms with E-state index in [0.29, 0.717) is 56.3 Å². The van der Waals surface area contributed by atoms with E-state index in [4.69, 9.17) is 15.2 Å². The smallest absolute Gasteiger partial charge is 0.383 e. The number of halogens is 3.